The minimum Gasteiger partial charge on any atom is -0.481 e. The molecule has 5 rings (SSSR count). The monoisotopic (exact) mass is 617 g/mol. The van der Waals surface area contributed by atoms with E-state index in [9.17, 15) is 24.6 Å². The molecular formula is C35H55NO8. The number of hydrogen-bond acceptors (Lipinski definition) is 7. The molecule has 3 saturated carbocycles. The zero-order chi connectivity index (χ0) is 31.9. The molecule has 1 aliphatic heterocycles. The van der Waals surface area contributed by atoms with E-state index in [4.69, 9.17) is 14.2 Å². The Morgan fingerprint density at radius 1 is 1.07 bits per heavy atom. The maximum absolute atomic E-state index is 14.0. The largest absolute Gasteiger partial charge is 0.506 e. The SMILES string of the molecule is CCN(CC)C(CO[C@@H]1C2COC[C@]3(C[C@H]1OC(=O)O)C1=CC(=O)C4C(CCC(CC(C)C)[C@H]4C(=O)O)C1CCC23)C(C)C. The zero-order valence-electron chi connectivity index (χ0n) is 27.6. The van der Waals surface area contributed by atoms with Gasteiger partial charge in [0.05, 0.1) is 31.8 Å². The number of ketones is 1. The average molecular weight is 618 g/mol. The van der Waals surface area contributed by atoms with Gasteiger partial charge in [-0.3, -0.25) is 14.5 Å². The minimum absolute atomic E-state index is 0.00333. The van der Waals surface area contributed by atoms with Gasteiger partial charge in [0.25, 0.3) is 0 Å². The summed E-state index contributed by atoms with van der Waals surface area (Å²) >= 11 is 0. The summed E-state index contributed by atoms with van der Waals surface area (Å²) in [4.78, 5) is 41.1. The number of rotatable bonds is 11. The Balaban J connectivity index is 1.46. The zero-order valence-corrected chi connectivity index (χ0v) is 27.6. The van der Waals surface area contributed by atoms with Gasteiger partial charge in [-0.2, -0.15) is 0 Å². The number of carbonyl (C=O) groups is 3. The number of hydrogen-bond donors (Lipinski definition) is 2. The maximum atomic E-state index is 14.0. The third-order valence-electron chi connectivity index (χ3n) is 12.2. The molecule has 11 atom stereocenters. The average Bonchev–Trinajstić information content (AvgIpc) is 2.95. The van der Waals surface area contributed by atoms with Crippen molar-refractivity contribution < 1.29 is 38.8 Å². The van der Waals surface area contributed by atoms with E-state index in [1.807, 2.05) is 0 Å². The Labute approximate surface area is 263 Å². The van der Waals surface area contributed by atoms with E-state index in [2.05, 4.69) is 46.4 Å². The first-order chi connectivity index (χ1) is 20.9. The number of nitrogens with zero attached hydrogens (tertiary/aromatic N) is 1. The summed E-state index contributed by atoms with van der Waals surface area (Å²) in [6, 6.07) is 0.200. The van der Waals surface area contributed by atoms with Crippen LogP contribution in [0.3, 0.4) is 0 Å². The highest BCUT2D eigenvalue weighted by Crippen LogP contribution is 2.64. The van der Waals surface area contributed by atoms with Crippen LogP contribution in [-0.2, 0) is 23.8 Å². The molecular weight excluding hydrogens is 562 g/mol. The molecule has 4 aliphatic carbocycles. The topological polar surface area (TPSA) is 123 Å². The molecule has 0 aromatic heterocycles. The Bertz CT molecular complexity index is 1100. The van der Waals surface area contributed by atoms with Crippen LogP contribution in [0.5, 0.6) is 0 Å². The summed E-state index contributed by atoms with van der Waals surface area (Å²) in [7, 11) is 0. The lowest BCUT2D eigenvalue weighted by Gasteiger charge is -2.62. The molecule has 1 saturated heterocycles. The molecule has 0 amide bonds. The number of allylic oxidation sites excluding steroid dienone is 1. The number of likely N-dealkylation sites (N-methyl/N-ethyl adjacent to an activating group) is 1. The van der Waals surface area contributed by atoms with Crippen molar-refractivity contribution in [1.82, 2.24) is 4.90 Å². The van der Waals surface area contributed by atoms with Crippen LogP contribution in [-0.4, -0.2) is 84.2 Å². The molecule has 0 aromatic carbocycles. The van der Waals surface area contributed by atoms with Crippen molar-refractivity contribution in [3.8, 4) is 0 Å². The van der Waals surface area contributed by atoms with Crippen molar-refractivity contribution in [3.05, 3.63) is 11.6 Å². The van der Waals surface area contributed by atoms with Gasteiger partial charge in [0.2, 0.25) is 0 Å². The van der Waals surface area contributed by atoms with E-state index in [0.29, 0.717) is 38.1 Å². The molecule has 4 fully saturated rings. The molecule has 7 unspecified atom stereocenters. The van der Waals surface area contributed by atoms with Crippen LogP contribution in [0.15, 0.2) is 11.6 Å². The summed E-state index contributed by atoms with van der Waals surface area (Å²) in [5.41, 5.74) is 0.563. The van der Waals surface area contributed by atoms with Gasteiger partial charge in [0.1, 0.15) is 6.10 Å². The third-order valence-corrected chi connectivity index (χ3v) is 12.2. The first-order valence-corrected chi connectivity index (χ1v) is 17.2. The van der Waals surface area contributed by atoms with E-state index in [-0.39, 0.29) is 41.4 Å². The van der Waals surface area contributed by atoms with Gasteiger partial charge in [0.15, 0.2) is 5.78 Å². The van der Waals surface area contributed by atoms with Crippen LogP contribution in [0.4, 0.5) is 4.79 Å². The van der Waals surface area contributed by atoms with Crippen molar-refractivity contribution in [2.45, 2.75) is 98.3 Å². The minimum atomic E-state index is -1.31. The van der Waals surface area contributed by atoms with Gasteiger partial charge in [-0.1, -0.05) is 47.1 Å². The van der Waals surface area contributed by atoms with Gasteiger partial charge in [-0.25, -0.2) is 4.79 Å². The number of fused-ring (bicyclic) bond motifs is 3. The number of ether oxygens (including phenoxy) is 3. The molecule has 0 radical (unpaired) electrons. The number of aliphatic carboxylic acids is 1. The summed E-state index contributed by atoms with van der Waals surface area (Å²) < 4.78 is 18.7. The smallest absolute Gasteiger partial charge is 0.481 e. The highest BCUT2D eigenvalue weighted by Gasteiger charge is 2.64. The lowest BCUT2D eigenvalue weighted by molar-refractivity contribution is -0.221. The fourth-order valence-electron chi connectivity index (χ4n) is 10.5. The second-order valence-electron chi connectivity index (χ2n) is 15.1. The lowest BCUT2D eigenvalue weighted by atomic mass is 9.45. The summed E-state index contributed by atoms with van der Waals surface area (Å²) in [6.07, 6.45) is 4.16. The number of carboxylic acids is 1. The van der Waals surface area contributed by atoms with Crippen molar-refractivity contribution in [3.63, 3.8) is 0 Å². The molecule has 0 spiro atoms. The summed E-state index contributed by atoms with van der Waals surface area (Å²) in [5, 5.41) is 20.2. The number of carbonyl (C=O) groups excluding carboxylic acids is 1. The van der Waals surface area contributed by atoms with Crippen LogP contribution in [0.25, 0.3) is 0 Å². The normalized spacial score (nSPS) is 38.9. The van der Waals surface area contributed by atoms with Crippen LogP contribution in [0.1, 0.15) is 80.1 Å². The summed E-state index contributed by atoms with van der Waals surface area (Å²) in [5.74, 6) is -1.05. The molecule has 9 heteroatoms. The van der Waals surface area contributed by atoms with Crippen LogP contribution in [0, 0.1) is 58.7 Å². The second-order valence-corrected chi connectivity index (χ2v) is 15.1. The highest BCUT2D eigenvalue weighted by atomic mass is 16.7. The van der Waals surface area contributed by atoms with Gasteiger partial charge in [0, 0.05) is 23.3 Å². The van der Waals surface area contributed by atoms with E-state index in [0.717, 1.165) is 50.8 Å². The molecule has 2 N–H and O–H groups in total. The second kappa shape index (κ2) is 13.4. The third kappa shape index (κ3) is 5.97. The maximum Gasteiger partial charge on any atom is 0.506 e. The van der Waals surface area contributed by atoms with Crippen LogP contribution in [0.2, 0.25) is 0 Å². The standard InChI is InChI=1S/C35H55NO8/c1-7-36(8-2)27(20(5)6)17-43-32-24-16-42-18-35(15-29(32)44-34(40)41)25(24)12-11-22-23-10-9-21(13-19(3)4)30(33(38)39)31(23)28(37)14-26(22)35/h14,19-25,27,29-32H,7-13,15-18H2,1-6H3,(H,38,39)(H,40,41)/t21?,22?,23?,24?,25?,27?,29-,30-,31?,32-,35+/m1/s1. The first-order valence-electron chi connectivity index (χ1n) is 17.2. The van der Waals surface area contributed by atoms with Crippen LogP contribution < -0.4 is 0 Å². The number of carboxylic acid groups (broad SMARTS) is 2. The summed E-state index contributed by atoms with van der Waals surface area (Å²) in [6.45, 7) is 16.1. The molecule has 44 heavy (non-hydrogen) atoms. The van der Waals surface area contributed by atoms with E-state index >= 15 is 0 Å². The molecule has 9 nitrogen and oxygen atoms in total. The quantitative estimate of drug-likeness (QED) is 0.279. The Hall–Kier alpha value is -1.97. The van der Waals surface area contributed by atoms with Gasteiger partial charge in [-0.05, 0) is 93.2 Å². The first kappa shape index (κ1) is 33.4. The molecule has 1 heterocycles. The Morgan fingerprint density at radius 2 is 1.80 bits per heavy atom. The van der Waals surface area contributed by atoms with E-state index < -0.39 is 41.6 Å². The Kier molecular flexibility index (Phi) is 10.2. The molecule has 2 bridgehead atoms. The van der Waals surface area contributed by atoms with E-state index in [1.54, 1.807) is 6.08 Å². The molecule has 5 aliphatic rings. The molecule has 248 valence electrons. The van der Waals surface area contributed by atoms with Gasteiger partial charge >= 0.3 is 12.1 Å². The van der Waals surface area contributed by atoms with Gasteiger partial charge < -0.3 is 24.4 Å². The van der Waals surface area contributed by atoms with Crippen molar-refractivity contribution >= 4 is 17.9 Å². The van der Waals surface area contributed by atoms with Crippen molar-refractivity contribution in [2.24, 2.45) is 58.7 Å². The fraction of sp³-hybridized carbons (Fsp3) is 0.857. The highest BCUT2D eigenvalue weighted by molar-refractivity contribution is 5.97. The van der Waals surface area contributed by atoms with Crippen LogP contribution >= 0.6 is 0 Å². The van der Waals surface area contributed by atoms with Crippen molar-refractivity contribution in [1.29, 1.82) is 0 Å². The Morgan fingerprint density at radius 3 is 2.41 bits per heavy atom. The predicted molar refractivity (Wildman–Crippen MR) is 165 cm³/mol. The van der Waals surface area contributed by atoms with Gasteiger partial charge in [-0.15, -0.1) is 0 Å². The predicted octanol–water partition coefficient (Wildman–Crippen LogP) is 5.76. The van der Waals surface area contributed by atoms with E-state index in [1.165, 1.54) is 0 Å². The lowest BCUT2D eigenvalue weighted by Crippen LogP contribution is -2.64. The van der Waals surface area contributed by atoms with Crippen molar-refractivity contribution in [2.75, 3.05) is 32.9 Å². The molecule has 0 aromatic rings. The fourth-order valence-corrected chi connectivity index (χ4v) is 10.5.